The Morgan fingerprint density at radius 3 is 2.56 bits per heavy atom. The van der Waals surface area contributed by atoms with E-state index in [1.807, 2.05) is 39.0 Å². The molecule has 0 aliphatic carbocycles. The highest BCUT2D eigenvalue weighted by Gasteiger charge is 2.45. The Morgan fingerprint density at radius 2 is 1.84 bits per heavy atom. The van der Waals surface area contributed by atoms with Gasteiger partial charge in [0.05, 0.1) is 23.5 Å². The molecule has 1 aromatic carbocycles. The molecule has 8 nitrogen and oxygen atoms in total. The van der Waals surface area contributed by atoms with E-state index < -0.39 is 5.41 Å². The Labute approximate surface area is 186 Å². The Balaban J connectivity index is 1.74. The monoisotopic (exact) mass is 431 g/mol. The fraction of sp³-hybridized carbons (Fsp3) is 0.333. The van der Waals surface area contributed by atoms with E-state index in [1.165, 1.54) is 12.4 Å². The smallest absolute Gasteiger partial charge is 0.242 e. The number of nitrogens with zero attached hydrogens (tertiary/aromatic N) is 5. The SMILES string of the molecule is COCCCC(=O)c1cncc(N2C(=O)C(C)(C)c3ccc(-c4cnc(C)nc4)cc32)n1. The Morgan fingerprint density at radius 1 is 1.09 bits per heavy atom. The van der Waals surface area contributed by atoms with Gasteiger partial charge in [-0.3, -0.25) is 19.5 Å². The molecule has 0 N–H and O–H groups in total. The van der Waals surface area contributed by atoms with Crippen LogP contribution in [-0.4, -0.2) is 45.3 Å². The number of benzene rings is 1. The third-order valence-electron chi connectivity index (χ3n) is 5.65. The number of amides is 1. The summed E-state index contributed by atoms with van der Waals surface area (Å²) < 4.78 is 5.01. The van der Waals surface area contributed by atoms with Gasteiger partial charge in [-0.1, -0.05) is 12.1 Å². The summed E-state index contributed by atoms with van der Waals surface area (Å²) in [4.78, 5) is 44.7. The predicted octanol–water partition coefficient (Wildman–Crippen LogP) is 3.81. The lowest BCUT2D eigenvalue weighted by Gasteiger charge is -2.19. The lowest BCUT2D eigenvalue weighted by molar-refractivity contribution is -0.121. The Bertz CT molecular complexity index is 1170. The van der Waals surface area contributed by atoms with Gasteiger partial charge in [-0.05, 0) is 44.4 Å². The molecule has 32 heavy (non-hydrogen) atoms. The highest BCUT2D eigenvalue weighted by Crippen LogP contribution is 2.46. The van der Waals surface area contributed by atoms with Gasteiger partial charge >= 0.3 is 0 Å². The summed E-state index contributed by atoms with van der Waals surface area (Å²) in [5.74, 6) is 0.767. The van der Waals surface area contributed by atoms with Gasteiger partial charge in [0.25, 0.3) is 0 Å². The molecule has 0 unspecified atom stereocenters. The molecule has 0 spiro atoms. The second kappa shape index (κ2) is 8.55. The zero-order valence-corrected chi connectivity index (χ0v) is 18.6. The van der Waals surface area contributed by atoms with Crippen LogP contribution < -0.4 is 4.90 Å². The van der Waals surface area contributed by atoms with Crippen LogP contribution in [0.25, 0.3) is 11.1 Å². The summed E-state index contributed by atoms with van der Waals surface area (Å²) >= 11 is 0. The molecular formula is C24H25N5O3. The van der Waals surface area contributed by atoms with Crippen LogP contribution >= 0.6 is 0 Å². The van der Waals surface area contributed by atoms with E-state index in [-0.39, 0.29) is 17.4 Å². The van der Waals surface area contributed by atoms with Crippen molar-refractivity contribution in [1.82, 2.24) is 19.9 Å². The van der Waals surface area contributed by atoms with Crippen LogP contribution in [0, 0.1) is 6.92 Å². The van der Waals surface area contributed by atoms with E-state index in [0.717, 1.165) is 22.4 Å². The van der Waals surface area contributed by atoms with E-state index in [1.54, 1.807) is 24.4 Å². The van der Waals surface area contributed by atoms with Gasteiger partial charge in [-0.15, -0.1) is 0 Å². The molecule has 0 saturated carbocycles. The number of aryl methyl sites for hydroxylation is 1. The molecule has 0 saturated heterocycles. The molecule has 1 aliphatic heterocycles. The van der Waals surface area contributed by atoms with Crippen LogP contribution in [0.15, 0.2) is 43.0 Å². The summed E-state index contributed by atoms with van der Waals surface area (Å²) in [5, 5.41) is 0. The van der Waals surface area contributed by atoms with Crippen LogP contribution in [0.5, 0.6) is 0 Å². The normalized spacial score (nSPS) is 14.5. The lowest BCUT2D eigenvalue weighted by Crippen LogP contribution is -2.33. The number of carbonyl (C=O) groups excluding carboxylic acids is 2. The predicted molar refractivity (Wildman–Crippen MR) is 120 cm³/mol. The minimum atomic E-state index is -0.738. The fourth-order valence-corrected chi connectivity index (χ4v) is 3.80. The number of carbonyl (C=O) groups is 2. The van der Waals surface area contributed by atoms with Crippen LogP contribution in [0.3, 0.4) is 0 Å². The number of anilines is 2. The first kappa shape index (κ1) is 21.7. The third-order valence-corrected chi connectivity index (χ3v) is 5.65. The maximum Gasteiger partial charge on any atom is 0.242 e. The first-order valence-corrected chi connectivity index (χ1v) is 10.4. The summed E-state index contributed by atoms with van der Waals surface area (Å²) in [6, 6.07) is 5.85. The van der Waals surface area contributed by atoms with Crippen molar-refractivity contribution in [2.45, 2.75) is 39.0 Å². The quantitative estimate of drug-likeness (QED) is 0.414. The molecule has 8 heteroatoms. The number of rotatable bonds is 7. The average molecular weight is 431 g/mol. The maximum absolute atomic E-state index is 13.4. The van der Waals surface area contributed by atoms with E-state index in [4.69, 9.17) is 4.74 Å². The third kappa shape index (κ3) is 3.89. The van der Waals surface area contributed by atoms with Crippen molar-refractivity contribution in [2.75, 3.05) is 18.6 Å². The number of fused-ring (bicyclic) bond motifs is 1. The van der Waals surface area contributed by atoms with Crippen LogP contribution in [0.4, 0.5) is 11.5 Å². The van der Waals surface area contributed by atoms with Gasteiger partial charge in [-0.25, -0.2) is 15.0 Å². The minimum Gasteiger partial charge on any atom is -0.385 e. The number of hydrogen-bond donors (Lipinski definition) is 0. The summed E-state index contributed by atoms with van der Waals surface area (Å²) in [7, 11) is 1.60. The Hall–Kier alpha value is -3.52. The van der Waals surface area contributed by atoms with E-state index in [0.29, 0.717) is 31.1 Å². The second-order valence-corrected chi connectivity index (χ2v) is 8.30. The van der Waals surface area contributed by atoms with E-state index >= 15 is 0 Å². The van der Waals surface area contributed by atoms with Crippen molar-refractivity contribution in [3.8, 4) is 11.1 Å². The van der Waals surface area contributed by atoms with E-state index in [9.17, 15) is 9.59 Å². The molecule has 0 atom stereocenters. The van der Waals surface area contributed by atoms with Gasteiger partial charge in [0.2, 0.25) is 5.91 Å². The molecule has 3 heterocycles. The molecule has 1 aliphatic rings. The zero-order valence-electron chi connectivity index (χ0n) is 18.6. The molecule has 3 aromatic rings. The summed E-state index contributed by atoms with van der Waals surface area (Å²) in [6.07, 6.45) is 7.37. The van der Waals surface area contributed by atoms with Crippen molar-refractivity contribution in [2.24, 2.45) is 0 Å². The maximum atomic E-state index is 13.4. The number of methoxy groups -OCH3 is 1. The van der Waals surface area contributed by atoms with Crippen molar-refractivity contribution >= 4 is 23.2 Å². The van der Waals surface area contributed by atoms with Gasteiger partial charge < -0.3 is 4.74 Å². The van der Waals surface area contributed by atoms with Crippen molar-refractivity contribution in [3.63, 3.8) is 0 Å². The van der Waals surface area contributed by atoms with Gasteiger partial charge in [0, 0.05) is 38.1 Å². The number of aromatic nitrogens is 4. The summed E-state index contributed by atoms with van der Waals surface area (Å²) in [6.45, 7) is 6.10. The molecule has 0 bridgehead atoms. The van der Waals surface area contributed by atoms with Gasteiger partial charge in [-0.2, -0.15) is 0 Å². The standard InChI is InChI=1S/C24H25N5O3/c1-15-26-11-17(12-27-15)16-7-8-18-20(10-16)29(23(31)24(18,2)3)22-14-25-13-19(28-22)21(30)6-5-9-32-4/h7-8,10-14H,5-6,9H2,1-4H3. The molecule has 4 rings (SSSR count). The van der Waals surface area contributed by atoms with Crippen LogP contribution in [0.1, 0.15) is 48.6 Å². The molecule has 0 radical (unpaired) electrons. The first-order chi connectivity index (χ1) is 15.3. The van der Waals surface area contributed by atoms with Crippen molar-refractivity contribution in [1.29, 1.82) is 0 Å². The first-order valence-electron chi connectivity index (χ1n) is 10.4. The molecule has 1 amide bonds. The molecule has 2 aromatic heterocycles. The van der Waals surface area contributed by atoms with Crippen LogP contribution in [-0.2, 0) is 14.9 Å². The molecule has 164 valence electrons. The highest BCUT2D eigenvalue weighted by molar-refractivity contribution is 6.12. The lowest BCUT2D eigenvalue weighted by atomic mass is 9.85. The van der Waals surface area contributed by atoms with Crippen LogP contribution in [0.2, 0.25) is 0 Å². The molecule has 0 fully saturated rings. The van der Waals surface area contributed by atoms with Gasteiger partial charge in [0.1, 0.15) is 11.5 Å². The minimum absolute atomic E-state index is 0.122. The summed E-state index contributed by atoms with van der Waals surface area (Å²) in [5.41, 5.74) is 2.84. The number of ether oxygens (including phenoxy) is 1. The largest absolute Gasteiger partial charge is 0.385 e. The number of ketones is 1. The number of hydrogen-bond acceptors (Lipinski definition) is 7. The topological polar surface area (TPSA) is 98.2 Å². The number of Topliss-reactive ketones (excluding diaryl/α,β-unsaturated/α-hetero) is 1. The fourth-order valence-electron chi connectivity index (χ4n) is 3.80. The average Bonchev–Trinajstić information content (AvgIpc) is 2.99. The van der Waals surface area contributed by atoms with Gasteiger partial charge in [0.15, 0.2) is 11.6 Å². The highest BCUT2D eigenvalue weighted by atomic mass is 16.5. The zero-order chi connectivity index (χ0) is 22.9. The van der Waals surface area contributed by atoms with Crippen molar-refractivity contribution in [3.05, 3.63) is 60.1 Å². The molecular weight excluding hydrogens is 406 g/mol. The van der Waals surface area contributed by atoms with Crippen molar-refractivity contribution < 1.29 is 14.3 Å². The second-order valence-electron chi connectivity index (χ2n) is 8.30. The van der Waals surface area contributed by atoms with E-state index in [2.05, 4.69) is 19.9 Å². The Kier molecular flexibility index (Phi) is 5.80.